The van der Waals surface area contributed by atoms with Crippen LogP contribution in [0, 0.1) is 4.64 Å². The SMILES string of the molecule is CC(C)(C)c1cc(=S)nc(C2CCCc3ccccc32)[nH]1. The average molecular weight is 298 g/mol. The topological polar surface area (TPSA) is 28.7 Å². The molecule has 3 rings (SSSR count). The molecule has 0 fully saturated rings. The Morgan fingerprint density at radius 1 is 1.24 bits per heavy atom. The Bertz CT molecular complexity index is 710. The third kappa shape index (κ3) is 2.93. The first kappa shape index (κ1) is 14.5. The molecule has 0 bridgehead atoms. The van der Waals surface area contributed by atoms with Gasteiger partial charge in [0.15, 0.2) is 0 Å². The van der Waals surface area contributed by atoms with Crippen molar-refractivity contribution in [1.82, 2.24) is 9.97 Å². The molecular weight excluding hydrogens is 276 g/mol. The Morgan fingerprint density at radius 2 is 2.00 bits per heavy atom. The van der Waals surface area contributed by atoms with Gasteiger partial charge < -0.3 is 4.98 Å². The molecule has 0 aliphatic heterocycles. The number of benzene rings is 1. The minimum Gasteiger partial charge on any atom is -0.346 e. The van der Waals surface area contributed by atoms with Gasteiger partial charge in [0.25, 0.3) is 0 Å². The molecule has 21 heavy (non-hydrogen) atoms. The molecule has 0 spiro atoms. The second-order valence-electron chi connectivity index (χ2n) is 6.91. The molecule has 1 aliphatic rings. The zero-order chi connectivity index (χ0) is 15.0. The van der Waals surface area contributed by atoms with Crippen LogP contribution < -0.4 is 0 Å². The van der Waals surface area contributed by atoms with E-state index in [2.05, 4.69) is 55.0 Å². The van der Waals surface area contributed by atoms with Crippen molar-refractivity contribution in [1.29, 1.82) is 0 Å². The molecule has 1 heterocycles. The molecule has 0 saturated carbocycles. The summed E-state index contributed by atoms with van der Waals surface area (Å²) in [7, 11) is 0. The minimum absolute atomic E-state index is 0.0550. The lowest BCUT2D eigenvalue weighted by Crippen LogP contribution is -2.19. The smallest absolute Gasteiger partial charge is 0.130 e. The highest BCUT2D eigenvalue weighted by Gasteiger charge is 2.24. The number of fused-ring (bicyclic) bond motifs is 1. The van der Waals surface area contributed by atoms with Gasteiger partial charge in [-0.2, -0.15) is 0 Å². The molecule has 110 valence electrons. The fraction of sp³-hybridized carbons (Fsp3) is 0.444. The number of nitrogens with zero attached hydrogens (tertiary/aromatic N) is 1. The Kier molecular flexibility index (Phi) is 3.70. The molecule has 3 heteroatoms. The summed E-state index contributed by atoms with van der Waals surface area (Å²) in [6.45, 7) is 6.60. The third-order valence-corrected chi connectivity index (χ3v) is 4.48. The summed E-state index contributed by atoms with van der Waals surface area (Å²) < 4.78 is 0.691. The maximum absolute atomic E-state index is 5.39. The maximum Gasteiger partial charge on any atom is 0.130 e. The Balaban J connectivity index is 2.10. The first-order valence-corrected chi connectivity index (χ1v) is 8.05. The van der Waals surface area contributed by atoms with E-state index in [1.54, 1.807) is 0 Å². The summed E-state index contributed by atoms with van der Waals surface area (Å²) in [6.07, 6.45) is 3.53. The number of aromatic amines is 1. The van der Waals surface area contributed by atoms with Gasteiger partial charge in [-0.15, -0.1) is 0 Å². The predicted molar refractivity (Wildman–Crippen MR) is 89.3 cm³/mol. The van der Waals surface area contributed by atoms with E-state index in [1.807, 2.05) is 6.07 Å². The van der Waals surface area contributed by atoms with Crippen LogP contribution >= 0.6 is 12.2 Å². The van der Waals surface area contributed by atoms with Crippen molar-refractivity contribution in [3.8, 4) is 0 Å². The van der Waals surface area contributed by atoms with Crippen molar-refractivity contribution in [2.45, 2.75) is 51.4 Å². The molecule has 1 atom stereocenters. The van der Waals surface area contributed by atoms with Crippen molar-refractivity contribution < 1.29 is 0 Å². The molecule has 1 aromatic carbocycles. The highest BCUT2D eigenvalue weighted by Crippen LogP contribution is 2.35. The minimum atomic E-state index is 0.0550. The molecule has 2 aromatic rings. The molecule has 1 unspecified atom stereocenters. The van der Waals surface area contributed by atoms with Crippen molar-refractivity contribution in [3.05, 3.63) is 57.6 Å². The summed E-state index contributed by atoms with van der Waals surface area (Å²) in [5.74, 6) is 1.37. The second kappa shape index (κ2) is 5.38. The number of hydrogen-bond acceptors (Lipinski definition) is 2. The van der Waals surface area contributed by atoms with Crippen LogP contribution in [0.25, 0.3) is 0 Å². The number of H-pyrrole nitrogens is 1. The quantitative estimate of drug-likeness (QED) is 0.758. The maximum atomic E-state index is 5.39. The van der Waals surface area contributed by atoms with Crippen LogP contribution in [0.4, 0.5) is 0 Å². The van der Waals surface area contributed by atoms with Crippen LogP contribution in [-0.4, -0.2) is 9.97 Å². The molecule has 0 radical (unpaired) electrons. The molecule has 2 nitrogen and oxygen atoms in total. The van der Waals surface area contributed by atoms with E-state index >= 15 is 0 Å². The first-order chi connectivity index (χ1) is 9.95. The second-order valence-corrected chi connectivity index (χ2v) is 7.33. The van der Waals surface area contributed by atoms with Gasteiger partial charge in [-0.3, -0.25) is 0 Å². The van der Waals surface area contributed by atoms with E-state index in [0.29, 0.717) is 10.6 Å². The van der Waals surface area contributed by atoms with Gasteiger partial charge in [-0.25, -0.2) is 4.98 Å². The number of rotatable bonds is 1. The summed E-state index contributed by atoms with van der Waals surface area (Å²) in [5, 5.41) is 0. The molecule has 0 amide bonds. The van der Waals surface area contributed by atoms with Crippen molar-refractivity contribution in [2.75, 3.05) is 0 Å². The molecule has 1 N–H and O–H groups in total. The highest BCUT2D eigenvalue weighted by atomic mass is 32.1. The zero-order valence-electron chi connectivity index (χ0n) is 12.9. The first-order valence-electron chi connectivity index (χ1n) is 7.65. The van der Waals surface area contributed by atoms with Gasteiger partial charge in [-0.1, -0.05) is 57.3 Å². The van der Waals surface area contributed by atoms with Gasteiger partial charge in [0.2, 0.25) is 0 Å². The Morgan fingerprint density at radius 3 is 2.76 bits per heavy atom. The van der Waals surface area contributed by atoms with Gasteiger partial charge >= 0.3 is 0 Å². The Hall–Kier alpha value is -1.48. The summed E-state index contributed by atoms with van der Waals surface area (Å²) >= 11 is 5.39. The summed E-state index contributed by atoms with van der Waals surface area (Å²) in [4.78, 5) is 8.19. The number of hydrogen-bond donors (Lipinski definition) is 1. The van der Waals surface area contributed by atoms with E-state index in [0.717, 1.165) is 12.2 Å². The Labute approximate surface area is 131 Å². The third-order valence-electron chi connectivity index (χ3n) is 4.27. The van der Waals surface area contributed by atoms with Gasteiger partial charge in [0.05, 0.1) is 0 Å². The predicted octanol–water partition coefficient (Wildman–Crippen LogP) is 4.90. The summed E-state index contributed by atoms with van der Waals surface area (Å²) in [6, 6.07) is 10.7. The van der Waals surface area contributed by atoms with Crippen LogP contribution in [0.15, 0.2) is 30.3 Å². The van der Waals surface area contributed by atoms with Crippen LogP contribution in [-0.2, 0) is 11.8 Å². The molecular formula is C18H22N2S. The highest BCUT2D eigenvalue weighted by molar-refractivity contribution is 7.71. The van der Waals surface area contributed by atoms with Gasteiger partial charge in [0, 0.05) is 17.0 Å². The van der Waals surface area contributed by atoms with Gasteiger partial charge in [0.1, 0.15) is 10.5 Å². The van der Waals surface area contributed by atoms with Crippen molar-refractivity contribution in [2.24, 2.45) is 0 Å². The number of nitrogens with one attached hydrogen (secondary N) is 1. The van der Waals surface area contributed by atoms with Crippen LogP contribution in [0.3, 0.4) is 0 Å². The zero-order valence-corrected chi connectivity index (χ0v) is 13.8. The average Bonchev–Trinajstić information content (AvgIpc) is 2.45. The lowest BCUT2D eigenvalue weighted by atomic mass is 9.82. The van der Waals surface area contributed by atoms with E-state index in [-0.39, 0.29) is 5.41 Å². The van der Waals surface area contributed by atoms with Crippen molar-refractivity contribution in [3.63, 3.8) is 0 Å². The number of aromatic nitrogens is 2. The molecule has 1 aromatic heterocycles. The normalized spacial score (nSPS) is 18.3. The standard InChI is InChI=1S/C18H22N2S/c1-18(2,3)15-11-16(21)20-17(19-15)14-10-6-8-12-7-4-5-9-13(12)14/h4-5,7,9,11,14H,6,8,10H2,1-3H3,(H,19,20,21). The summed E-state index contributed by atoms with van der Waals surface area (Å²) in [5.41, 5.74) is 4.09. The van der Waals surface area contributed by atoms with E-state index < -0.39 is 0 Å². The monoisotopic (exact) mass is 298 g/mol. The number of aryl methyl sites for hydroxylation is 1. The molecule has 1 aliphatic carbocycles. The van der Waals surface area contributed by atoms with E-state index in [4.69, 9.17) is 12.2 Å². The lowest BCUT2D eigenvalue weighted by molar-refractivity contribution is 0.542. The van der Waals surface area contributed by atoms with E-state index in [9.17, 15) is 0 Å². The van der Waals surface area contributed by atoms with Crippen LogP contribution in [0.1, 0.15) is 62.2 Å². The van der Waals surface area contributed by atoms with Crippen LogP contribution in [0.5, 0.6) is 0 Å². The van der Waals surface area contributed by atoms with Crippen molar-refractivity contribution >= 4 is 12.2 Å². The molecule has 0 saturated heterocycles. The fourth-order valence-electron chi connectivity index (χ4n) is 3.08. The van der Waals surface area contributed by atoms with Gasteiger partial charge in [-0.05, 0) is 36.5 Å². The largest absolute Gasteiger partial charge is 0.346 e. The van der Waals surface area contributed by atoms with Crippen LogP contribution in [0.2, 0.25) is 0 Å². The fourth-order valence-corrected chi connectivity index (χ4v) is 3.30. The van der Waals surface area contributed by atoms with E-state index in [1.165, 1.54) is 29.7 Å². The lowest BCUT2D eigenvalue weighted by Gasteiger charge is -2.27.